The standard InChI is InChI=1S/C12H12O3/c13-9-5-2-6-10-11(9)7-3-1-4-8(7)12(14)15-10/h1-6H2. The quantitative estimate of drug-likeness (QED) is 0.645. The molecule has 0 aromatic carbocycles. The van der Waals surface area contributed by atoms with Crippen LogP contribution in [0.5, 0.6) is 0 Å². The molecule has 3 heteroatoms. The summed E-state index contributed by atoms with van der Waals surface area (Å²) in [5, 5.41) is 0. The predicted octanol–water partition coefficient (Wildman–Crippen LogP) is 1.65. The molecule has 1 aromatic heterocycles. The van der Waals surface area contributed by atoms with E-state index in [0.29, 0.717) is 12.2 Å². The van der Waals surface area contributed by atoms with Crippen molar-refractivity contribution in [3.05, 3.63) is 32.9 Å². The Hall–Kier alpha value is -1.38. The van der Waals surface area contributed by atoms with Gasteiger partial charge in [-0.2, -0.15) is 0 Å². The number of ketones is 1. The minimum atomic E-state index is -0.212. The van der Waals surface area contributed by atoms with E-state index in [0.717, 1.165) is 48.8 Å². The summed E-state index contributed by atoms with van der Waals surface area (Å²) >= 11 is 0. The summed E-state index contributed by atoms with van der Waals surface area (Å²) in [5.74, 6) is 0.801. The first kappa shape index (κ1) is 8.89. The number of rotatable bonds is 0. The highest BCUT2D eigenvalue weighted by molar-refractivity contribution is 5.99. The maximum Gasteiger partial charge on any atom is 0.339 e. The highest BCUT2D eigenvalue weighted by atomic mass is 16.4. The zero-order valence-corrected chi connectivity index (χ0v) is 8.47. The summed E-state index contributed by atoms with van der Waals surface area (Å²) in [4.78, 5) is 23.4. The Bertz CT molecular complexity index is 496. The first-order valence-corrected chi connectivity index (χ1v) is 5.48. The molecular weight excluding hydrogens is 192 g/mol. The lowest BCUT2D eigenvalue weighted by molar-refractivity contribution is 0.0964. The van der Waals surface area contributed by atoms with Crippen molar-refractivity contribution < 1.29 is 9.21 Å². The van der Waals surface area contributed by atoms with Crippen molar-refractivity contribution in [2.24, 2.45) is 0 Å². The first-order valence-electron chi connectivity index (χ1n) is 5.48. The van der Waals surface area contributed by atoms with Crippen molar-refractivity contribution in [2.45, 2.75) is 38.5 Å². The van der Waals surface area contributed by atoms with Crippen LogP contribution in [0.2, 0.25) is 0 Å². The average Bonchev–Trinajstić information content (AvgIpc) is 2.66. The molecule has 1 heterocycles. The van der Waals surface area contributed by atoms with Gasteiger partial charge in [-0.1, -0.05) is 0 Å². The van der Waals surface area contributed by atoms with Crippen LogP contribution in [0.25, 0.3) is 0 Å². The number of Topliss-reactive ketones (excluding diaryl/α,β-unsaturated/α-hetero) is 1. The molecule has 0 fully saturated rings. The molecule has 2 aliphatic rings. The summed E-state index contributed by atoms with van der Waals surface area (Å²) < 4.78 is 5.24. The minimum absolute atomic E-state index is 0.165. The summed E-state index contributed by atoms with van der Waals surface area (Å²) in [6.07, 6.45) is 4.78. The van der Waals surface area contributed by atoms with E-state index in [4.69, 9.17) is 4.42 Å². The second-order valence-corrected chi connectivity index (χ2v) is 4.28. The van der Waals surface area contributed by atoms with E-state index in [9.17, 15) is 9.59 Å². The number of aryl methyl sites for hydroxylation is 1. The molecule has 0 unspecified atom stereocenters. The van der Waals surface area contributed by atoms with Gasteiger partial charge >= 0.3 is 5.63 Å². The molecule has 15 heavy (non-hydrogen) atoms. The fourth-order valence-corrected chi connectivity index (χ4v) is 2.67. The smallest absolute Gasteiger partial charge is 0.339 e. The predicted molar refractivity (Wildman–Crippen MR) is 54.3 cm³/mol. The zero-order valence-electron chi connectivity index (χ0n) is 8.47. The Morgan fingerprint density at radius 2 is 1.60 bits per heavy atom. The molecule has 0 saturated heterocycles. The van der Waals surface area contributed by atoms with E-state index in [2.05, 4.69) is 0 Å². The third kappa shape index (κ3) is 1.19. The fraction of sp³-hybridized carbons (Fsp3) is 0.500. The summed E-state index contributed by atoms with van der Waals surface area (Å²) in [7, 11) is 0. The van der Waals surface area contributed by atoms with Crippen LogP contribution in [0.1, 0.15) is 46.5 Å². The SMILES string of the molecule is O=C1CCCc2oc(=O)c3c(c21)CCC3. The summed E-state index contributed by atoms with van der Waals surface area (Å²) in [6, 6.07) is 0. The van der Waals surface area contributed by atoms with Gasteiger partial charge in [0.05, 0.1) is 5.56 Å². The Balaban J connectivity index is 2.33. The van der Waals surface area contributed by atoms with E-state index in [1.807, 2.05) is 0 Å². The summed E-state index contributed by atoms with van der Waals surface area (Å²) in [6.45, 7) is 0. The molecule has 0 spiro atoms. The van der Waals surface area contributed by atoms with E-state index in [-0.39, 0.29) is 11.4 Å². The van der Waals surface area contributed by atoms with Gasteiger partial charge in [-0.3, -0.25) is 4.79 Å². The van der Waals surface area contributed by atoms with Crippen LogP contribution in [-0.2, 0) is 19.3 Å². The number of hydrogen-bond acceptors (Lipinski definition) is 3. The molecule has 0 saturated carbocycles. The van der Waals surface area contributed by atoms with Gasteiger partial charge < -0.3 is 4.42 Å². The van der Waals surface area contributed by atoms with Gasteiger partial charge in [0.25, 0.3) is 0 Å². The van der Waals surface area contributed by atoms with Gasteiger partial charge in [0, 0.05) is 18.4 Å². The van der Waals surface area contributed by atoms with Gasteiger partial charge in [-0.05, 0) is 31.2 Å². The van der Waals surface area contributed by atoms with Crippen molar-refractivity contribution >= 4 is 5.78 Å². The maximum atomic E-state index is 11.8. The minimum Gasteiger partial charge on any atom is -0.427 e. The number of carbonyl (C=O) groups excluding carboxylic acids is 1. The first-order chi connectivity index (χ1) is 7.27. The van der Waals surface area contributed by atoms with Crippen molar-refractivity contribution in [1.82, 2.24) is 0 Å². The van der Waals surface area contributed by atoms with Crippen molar-refractivity contribution in [3.63, 3.8) is 0 Å². The van der Waals surface area contributed by atoms with Gasteiger partial charge in [-0.25, -0.2) is 4.79 Å². The second-order valence-electron chi connectivity index (χ2n) is 4.28. The Labute approximate surface area is 87.1 Å². The van der Waals surface area contributed by atoms with Crippen molar-refractivity contribution in [3.8, 4) is 0 Å². The van der Waals surface area contributed by atoms with Gasteiger partial charge in [0.2, 0.25) is 0 Å². The van der Waals surface area contributed by atoms with Gasteiger partial charge in [0.15, 0.2) is 5.78 Å². The second kappa shape index (κ2) is 3.05. The summed E-state index contributed by atoms with van der Waals surface area (Å²) in [5.41, 5.74) is 2.28. The largest absolute Gasteiger partial charge is 0.427 e. The maximum absolute atomic E-state index is 11.8. The molecule has 0 aliphatic heterocycles. The number of hydrogen-bond donors (Lipinski definition) is 0. The molecule has 0 atom stereocenters. The molecular formula is C12H12O3. The van der Waals surface area contributed by atoms with Crippen LogP contribution in [0.4, 0.5) is 0 Å². The molecule has 2 aliphatic carbocycles. The van der Waals surface area contributed by atoms with Crippen LogP contribution in [0.15, 0.2) is 9.21 Å². The number of carbonyl (C=O) groups is 1. The van der Waals surface area contributed by atoms with Crippen molar-refractivity contribution in [2.75, 3.05) is 0 Å². The van der Waals surface area contributed by atoms with Crippen molar-refractivity contribution in [1.29, 1.82) is 0 Å². The molecule has 0 bridgehead atoms. The van der Waals surface area contributed by atoms with Crippen LogP contribution < -0.4 is 5.63 Å². The Morgan fingerprint density at radius 3 is 2.47 bits per heavy atom. The molecule has 78 valence electrons. The van der Waals surface area contributed by atoms with E-state index < -0.39 is 0 Å². The Kier molecular flexibility index (Phi) is 1.81. The van der Waals surface area contributed by atoms with E-state index in [1.54, 1.807) is 0 Å². The lowest BCUT2D eigenvalue weighted by Crippen LogP contribution is -2.19. The van der Waals surface area contributed by atoms with Crippen LogP contribution in [-0.4, -0.2) is 5.78 Å². The average molecular weight is 204 g/mol. The third-order valence-corrected chi connectivity index (χ3v) is 3.35. The number of fused-ring (bicyclic) bond motifs is 3. The highest BCUT2D eigenvalue weighted by Gasteiger charge is 2.29. The lowest BCUT2D eigenvalue weighted by Gasteiger charge is -2.15. The molecule has 1 aromatic rings. The fourth-order valence-electron chi connectivity index (χ4n) is 2.67. The van der Waals surface area contributed by atoms with E-state index >= 15 is 0 Å². The van der Waals surface area contributed by atoms with Gasteiger partial charge in [-0.15, -0.1) is 0 Å². The lowest BCUT2D eigenvalue weighted by atomic mass is 9.91. The monoisotopic (exact) mass is 204 g/mol. The third-order valence-electron chi connectivity index (χ3n) is 3.35. The Morgan fingerprint density at radius 1 is 0.867 bits per heavy atom. The van der Waals surface area contributed by atoms with E-state index in [1.165, 1.54) is 0 Å². The zero-order chi connectivity index (χ0) is 10.4. The highest BCUT2D eigenvalue weighted by Crippen LogP contribution is 2.29. The van der Waals surface area contributed by atoms with Crippen LogP contribution in [0.3, 0.4) is 0 Å². The molecule has 0 amide bonds. The normalized spacial score (nSPS) is 18.8. The molecule has 3 rings (SSSR count). The topological polar surface area (TPSA) is 47.3 Å². The van der Waals surface area contributed by atoms with Crippen LogP contribution >= 0.6 is 0 Å². The molecule has 0 radical (unpaired) electrons. The van der Waals surface area contributed by atoms with Crippen LogP contribution in [0, 0.1) is 0 Å². The molecule has 0 N–H and O–H groups in total. The molecule has 3 nitrogen and oxygen atoms in total. The van der Waals surface area contributed by atoms with Gasteiger partial charge in [0.1, 0.15) is 5.76 Å².